The molecule has 19 rings (SSSR count). The number of nitrogens with one attached hydrogen (secondary N) is 1. The van der Waals surface area contributed by atoms with Gasteiger partial charge in [0.05, 0.1) is 73.5 Å². The van der Waals surface area contributed by atoms with E-state index in [4.69, 9.17) is 26.4 Å². The van der Waals surface area contributed by atoms with Gasteiger partial charge >= 0.3 is 43.0 Å². The van der Waals surface area contributed by atoms with Crippen LogP contribution in [0.15, 0.2) is 115 Å². The van der Waals surface area contributed by atoms with Crippen LogP contribution in [0, 0.1) is 52.0 Å². The number of benzene rings is 4. The molecular weight excluding hydrogens is 1930 g/mol. The number of ether oxygens (including phenoxy) is 3. The maximum Gasteiger partial charge on any atom is 0.419 e. The number of hydrogen-bond donors (Lipinski definition) is 1. The summed E-state index contributed by atoms with van der Waals surface area (Å²) >= 11 is 5.32. The van der Waals surface area contributed by atoms with Crippen molar-refractivity contribution in [3.8, 4) is 45.0 Å². The van der Waals surface area contributed by atoms with Crippen LogP contribution in [-0.4, -0.2) is 150 Å². The lowest BCUT2D eigenvalue weighted by Gasteiger charge is -2.31. The Morgan fingerprint density at radius 3 is 1.06 bits per heavy atom. The van der Waals surface area contributed by atoms with Crippen LogP contribution in [-0.2, 0) is 107 Å². The van der Waals surface area contributed by atoms with Gasteiger partial charge in [0.15, 0.2) is 11.6 Å². The molecule has 0 spiro atoms. The number of rotatable bonds is 16. The lowest BCUT2D eigenvalue weighted by molar-refractivity contribution is -0.190. The minimum absolute atomic E-state index is 0.00749. The van der Waals surface area contributed by atoms with E-state index in [0.717, 1.165) is 52.2 Å². The highest BCUT2D eigenvalue weighted by atomic mass is 32.1. The number of anilines is 3. The first-order chi connectivity index (χ1) is 66.9. The van der Waals surface area contributed by atoms with Crippen molar-refractivity contribution < 1.29 is 121 Å². The summed E-state index contributed by atoms with van der Waals surface area (Å²) in [4.78, 5) is 62.4. The average Bonchev–Trinajstić information content (AvgIpc) is 1.56. The molecule has 11 heterocycles. The van der Waals surface area contributed by atoms with Gasteiger partial charge in [0.25, 0.3) is 0 Å². The standard InChI is InChI=1S/2C27H29F5N4O2.C25H25F5N2O3S.C22H21F5N4/c1-5-35-21(26(10-11-26)27(30,31)32)14-22(33-35)34-12-9-19-16(15-34)13-20(23-17(28)7-6-8-18(23)29)36(19)24(37)38-25(2,3)4;1-5-35-22(14-21(33-35)26(10-11-26)27(30,31)32)34-12-9-19-16(15-34)13-20(23-17(28)7-6-8-18(23)29)36(19)24(37)38-25(2,3)4;1-23(2,3)35-22(34)32-17-7-10-31(20(36)12-19(33)24(8-9-24)25(28,29)30)13-14(17)11-18(32)21-15(26)5-4-6-16(21)27;1-2-31-19(11-18(29-31)21(7-8-21)22(25,26)27)30-9-6-16-13(12-30)10-17(28-16)20-14(23)4-3-5-15(20)24/h2*6-8,13-14H,5,9-12,15H2,1-4H3;4-6,11H,7-10,12-13H2,1-3H3;3-5,10-11,28H,2,6-9,12H2,1H3. The molecule has 4 fully saturated rings. The number of nitrogens with zero attached hydrogens (tertiary/aromatic N) is 13. The molecular formula is C101H104F20N14O7S. The molecule has 21 nitrogen and oxygen atoms in total. The first-order valence-electron chi connectivity index (χ1n) is 46.9. The second-order valence-corrected chi connectivity index (χ2v) is 40.6. The van der Waals surface area contributed by atoms with Crippen LogP contribution in [0.25, 0.3) is 45.0 Å². The highest BCUT2D eigenvalue weighted by molar-refractivity contribution is 7.80. The Morgan fingerprint density at radius 1 is 0.385 bits per heavy atom. The van der Waals surface area contributed by atoms with Crippen LogP contribution in [0.3, 0.4) is 0 Å². The van der Waals surface area contributed by atoms with Gasteiger partial charge in [0.1, 0.15) is 96.6 Å². The van der Waals surface area contributed by atoms with Gasteiger partial charge in [0, 0.05) is 139 Å². The molecule has 0 radical (unpaired) electrons. The summed E-state index contributed by atoms with van der Waals surface area (Å²) in [6.07, 6.45) is -19.4. The Hall–Kier alpha value is -12.4. The Kier molecular flexibility index (Phi) is 27.2. The predicted molar refractivity (Wildman–Crippen MR) is 493 cm³/mol. The molecule has 1 N–H and O–H groups in total. The first kappa shape index (κ1) is 103. The lowest BCUT2D eigenvalue weighted by Crippen LogP contribution is -2.40. The minimum atomic E-state index is -4.61. The topological polar surface area (TPSA) is 193 Å². The highest BCUT2D eigenvalue weighted by Crippen LogP contribution is 2.63. The second kappa shape index (κ2) is 37.6. The van der Waals surface area contributed by atoms with Crippen molar-refractivity contribution >= 4 is 58.7 Å². The van der Waals surface area contributed by atoms with Crippen LogP contribution >= 0.6 is 12.2 Å². The van der Waals surface area contributed by atoms with Crippen LogP contribution in [0.2, 0.25) is 0 Å². The molecule has 4 aliphatic carbocycles. The molecule has 0 bridgehead atoms. The van der Waals surface area contributed by atoms with Crippen molar-refractivity contribution in [2.45, 2.75) is 270 Å². The zero-order chi connectivity index (χ0) is 104. The van der Waals surface area contributed by atoms with Crippen molar-refractivity contribution in [3.63, 3.8) is 0 Å². The molecule has 766 valence electrons. The van der Waals surface area contributed by atoms with E-state index >= 15 is 0 Å². The summed E-state index contributed by atoms with van der Waals surface area (Å²) < 4.78 is 305. The quantitative estimate of drug-likeness (QED) is 0.0545. The highest BCUT2D eigenvalue weighted by Gasteiger charge is 2.70. The van der Waals surface area contributed by atoms with Gasteiger partial charge in [-0.1, -0.05) is 36.5 Å². The number of alkyl halides is 12. The molecule has 4 aliphatic heterocycles. The summed E-state index contributed by atoms with van der Waals surface area (Å²) in [6.45, 7) is 24.1. The van der Waals surface area contributed by atoms with Crippen molar-refractivity contribution in [2.24, 2.45) is 5.41 Å². The average molecular weight is 2040 g/mol. The number of halogens is 20. The Balaban J connectivity index is 0.000000137. The number of carbonyl (C=O) groups excluding carboxylic acids is 4. The zero-order valence-electron chi connectivity index (χ0n) is 80.1. The van der Waals surface area contributed by atoms with E-state index in [1.807, 2.05) is 21.6 Å². The van der Waals surface area contributed by atoms with Crippen LogP contribution in [0.5, 0.6) is 0 Å². The summed E-state index contributed by atoms with van der Waals surface area (Å²) in [5.41, 5.74) is -6.03. The molecule has 42 heteroatoms. The molecule has 0 unspecified atom stereocenters. The number of H-pyrrole nitrogens is 1. The Morgan fingerprint density at radius 2 is 0.720 bits per heavy atom. The second-order valence-electron chi connectivity index (χ2n) is 40.1. The summed E-state index contributed by atoms with van der Waals surface area (Å²) in [6, 6.07) is 24.9. The van der Waals surface area contributed by atoms with E-state index in [1.165, 1.54) is 68.4 Å². The number of fused-ring (bicyclic) bond motifs is 4. The number of carbonyl (C=O) groups is 4. The van der Waals surface area contributed by atoms with Gasteiger partial charge in [-0.25, -0.2) is 72.6 Å². The molecule has 0 amide bonds. The molecule has 0 atom stereocenters. The number of aryl methyl sites for hydroxylation is 3. The molecule has 8 aliphatic rings. The van der Waals surface area contributed by atoms with Crippen LogP contribution in [0.4, 0.5) is 120 Å². The van der Waals surface area contributed by atoms with Gasteiger partial charge in [-0.3, -0.25) is 9.48 Å². The normalized spacial score (nSPS) is 17.1. The molecule has 7 aromatic heterocycles. The van der Waals surface area contributed by atoms with Gasteiger partial charge < -0.3 is 38.8 Å². The summed E-state index contributed by atoms with van der Waals surface area (Å²) in [5.74, 6) is -5.71. The number of aromatic nitrogens is 10. The summed E-state index contributed by atoms with van der Waals surface area (Å²) in [5, 5.41) is 13.1. The van der Waals surface area contributed by atoms with Crippen molar-refractivity contribution in [1.82, 2.24) is 52.9 Å². The maximum atomic E-state index is 14.8. The van der Waals surface area contributed by atoms with E-state index in [2.05, 4.69) is 20.3 Å². The fraction of sp³-hybridized carbons (Fsp3) is 0.465. The molecule has 4 aromatic carbocycles. The van der Waals surface area contributed by atoms with E-state index in [-0.39, 0.29) is 146 Å². The lowest BCUT2D eigenvalue weighted by atomic mass is 9.97. The Bertz CT molecular complexity index is 6690. The fourth-order valence-electron chi connectivity index (χ4n) is 19.2. The Labute approximate surface area is 814 Å². The van der Waals surface area contributed by atoms with E-state index in [9.17, 15) is 107 Å². The fourth-order valence-corrected chi connectivity index (χ4v) is 19.5. The number of thiocarbonyl (C=S) groups is 1. The van der Waals surface area contributed by atoms with Gasteiger partial charge in [0.2, 0.25) is 0 Å². The van der Waals surface area contributed by atoms with Gasteiger partial charge in [-0.05, 0) is 230 Å². The third kappa shape index (κ3) is 20.0. The smallest absolute Gasteiger partial charge is 0.419 e. The van der Waals surface area contributed by atoms with E-state index < -0.39 is 146 Å². The molecule has 0 saturated heterocycles. The first-order valence-corrected chi connectivity index (χ1v) is 47.3. The largest absolute Gasteiger partial charge is 0.443 e. The van der Waals surface area contributed by atoms with Crippen LogP contribution in [0.1, 0.15) is 203 Å². The van der Waals surface area contributed by atoms with E-state index in [1.54, 1.807) is 115 Å². The van der Waals surface area contributed by atoms with Gasteiger partial charge in [-0.15, -0.1) is 0 Å². The monoisotopic (exact) mass is 2040 g/mol. The van der Waals surface area contributed by atoms with Crippen molar-refractivity contribution in [1.29, 1.82) is 0 Å². The van der Waals surface area contributed by atoms with Crippen molar-refractivity contribution in [2.75, 3.05) is 40.9 Å². The van der Waals surface area contributed by atoms with Crippen LogP contribution < -0.4 is 14.7 Å². The molecule has 143 heavy (non-hydrogen) atoms. The SMILES string of the molecule is CC(C)(C)OC(=O)n1c(-c2c(F)cccc2F)cc2c1CCN(C(=S)CC(=O)C1(C(F)(F)F)CC1)C2.CCn1nc(C2(C(F)(F)F)CC2)cc1N1CCc2[nH]c(-c3c(F)cccc3F)cc2C1.CCn1nc(C2(C(F)(F)F)CC2)cc1N1CCc2c(cc(-c3c(F)cccc3F)n2C(=O)OC(C)(C)C)C1.CCn1nc(N2CCc3c(cc(-c4c(F)cccc4F)n3C(=O)OC(C)(C)C)C2)cc1C1(C(F)(F)F)CC1. The number of hydrogen-bond acceptors (Lipinski definition) is 14. The van der Waals surface area contributed by atoms with Crippen molar-refractivity contribution in [3.05, 3.63) is 224 Å². The molecule has 4 saturated carbocycles. The predicted octanol–water partition coefficient (Wildman–Crippen LogP) is 24.7. The number of aromatic amines is 1. The van der Waals surface area contributed by atoms with Gasteiger partial charge in [-0.2, -0.15) is 68.0 Å². The number of Topliss-reactive ketones (excluding diaryl/α,β-unsaturated/α-hetero) is 1. The zero-order valence-corrected chi connectivity index (χ0v) is 80.9. The van der Waals surface area contributed by atoms with E-state index in [0.29, 0.717) is 115 Å². The molecule has 11 aromatic rings. The third-order valence-electron chi connectivity index (χ3n) is 27.1. The third-order valence-corrected chi connectivity index (χ3v) is 27.5. The summed E-state index contributed by atoms with van der Waals surface area (Å²) in [7, 11) is 0. The number of ketones is 1. The maximum absolute atomic E-state index is 14.8. The minimum Gasteiger partial charge on any atom is -0.443 e.